The zero-order valence-electron chi connectivity index (χ0n) is 11.9. The average molecular weight is 324 g/mol. The van der Waals surface area contributed by atoms with Crippen LogP contribution in [0.5, 0.6) is 0 Å². The van der Waals surface area contributed by atoms with Gasteiger partial charge < -0.3 is 14.3 Å². The number of carbonyl (C=O) groups excluding carboxylic acids is 1. The summed E-state index contributed by atoms with van der Waals surface area (Å²) in [6.07, 6.45) is 2.49. The fraction of sp³-hybridized carbons (Fsp3) is 0.333. The van der Waals surface area contributed by atoms with Crippen molar-refractivity contribution < 1.29 is 18.3 Å². The summed E-state index contributed by atoms with van der Waals surface area (Å²) in [6, 6.07) is 2.27. The van der Waals surface area contributed by atoms with Crippen LogP contribution in [0.4, 0.5) is 8.78 Å². The van der Waals surface area contributed by atoms with E-state index in [9.17, 15) is 13.6 Å². The number of H-pyrrole nitrogens is 1. The molecule has 0 aliphatic heterocycles. The maximum absolute atomic E-state index is 13.3. The molecule has 1 heterocycles. The maximum Gasteiger partial charge on any atom is 0.356 e. The highest BCUT2D eigenvalue weighted by molar-refractivity contribution is 7.71. The van der Waals surface area contributed by atoms with Crippen LogP contribution in [0.1, 0.15) is 34.6 Å². The molecule has 0 amide bonds. The van der Waals surface area contributed by atoms with E-state index in [-0.39, 0.29) is 12.6 Å². The summed E-state index contributed by atoms with van der Waals surface area (Å²) >= 11 is 5.23. The molecule has 0 saturated carbocycles. The number of imidazole rings is 1. The van der Waals surface area contributed by atoms with Gasteiger partial charge in [0.1, 0.15) is 5.69 Å². The Morgan fingerprint density at radius 2 is 1.95 bits per heavy atom. The Balaban J connectivity index is 1.96. The fourth-order valence-corrected chi connectivity index (χ4v) is 3.18. The fourth-order valence-electron chi connectivity index (χ4n) is 2.88. The minimum atomic E-state index is -0.859. The van der Waals surface area contributed by atoms with Gasteiger partial charge >= 0.3 is 5.97 Å². The standard InChI is InChI=1S/C15H14F2N2O2S/c1-2-21-14(20)13-7-18-15(22)19(13)10-3-8-5-11(16)12(17)6-9(8)4-10/h5-7,10H,2-4H2,1H3,(H,18,22). The molecule has 7 heteroatoms. The van der Waals surface area contributed by atoms with Crippen LogP contribution in [0, 0.1) is 16.4 Å². The third-order valence-corrected chi connectivity index (χ3v) is 4.13. The molecule has 2 aromatic rings. The molecule has 22 heavy (non-hydrogen) atoms. The number of hydrogen-bond acceptors (Lipinski definition) is 3. The number of esters is 1. The number of halogens is 2. The number of hydrogen-bond donors (Lipinski definition) is 1. The normalized spacial score (nSPS) is 14.1. The lowest BCUT2D eigenvalue weighted by Gasteiger charge is -2.14. The van der Waals surface area contributed by atoms with Crippen molar-refractivity contribution in [2.24, 2.45) is 0 Å². The Morgan fingerprint density at radius 1 is 1.36 bits per heavy atom. The zero-order valence-corrected chi connectivity index (χ0v) is 12.7. The third kappa shape index (κ3) is 2.45. The van der Waals surface area contributed by atoms with Crippen LogP contribution in [-0.2, 0) is 17.6 Å². The van der Waals surface area contributed by atoms with Gasteiger partial charge in [-0.3, -0.25) is 0 Å². The van der Waals surface area contributed by atoms with Crippen molar-refractivity contribution in [1.29, 1.82) is 0 Å². The Bertz CT molecular complexity index is 766. The number of fused-ring (bicyclic) bond motifs is 1. The molecule has 0 fully saturated rings. The number of carbonyl (C=O) groups is 1. The number of rotatable bonds is 3. The predicted octanol–water partition coefficient (Wildman–Crippen LogP) is 3.34. The largest absolute Gasteiger partial charge is 0.461 e. The van der Waals surface area contributed by atoms with E-state index < -0.39 is 17.6 Å². The third-order valence-electron chi connectivity index (χ3n) is 3.81. The highest BCUT2D eigenvalue weighted by atomic mass is 32.1. The smallest absolute Gasteiger partial charge is 0.356 e. The van der Waals surface area contributed by atoms with Gasteiger partial charge in [-0.25, -0.2) is 13.6 Å². The molecule has 0 atom stereocenters. The Hall–Kier alpha value is -2.02. The van der Waals surface area contributed by atoms with E-state index >= 15 is 0 Å². The number of aromatic nitrogens is 2. The van der Waals surface area contributed by atoms with Crippen LogP contribution < -0.4 is 0 Å². The van der Waals surface area contributed by atoms with E-state index in [1.165, 1.54) is 18.3 Å². The van der Waals surface area contributed by atoms with Gasteiger partial charge in [-0.15, -0.1) is 0 Å². The number of aromatic amines is 1. The molecule has 1 aromatic carbocycles. The van der Waals surface area contributed by atoms with Crippen molar-refractivity contribution >= 4 is 18.2 Å². The highest BCUT2D eigenvalue weighted by Crippen LogP contribution is 2.32. The molecule has 4 nitrogen and oxygen atoms in total. The van der Waals surface area contributed by atoms with E-state index in [1.54, 1.807) is 11.5 Å². The van der Waals surface area contributed by atoms with E-state index in [0.717, 1.165) is 11.1 Å². The van der Waals surface area contributed by atoms with Crippen molar-refractivity contribution in [1.82, 2.24) is 9.55 Å². The number of nitrogens with one attached hydrogen (secondary N) is 1. The first-order valence-corrected chi connectivity index (χ1v) is 7.36. The van der Waals surface area contributed by atoms with Crippen molar-refractivity contribution in [2.45, 2.75) is 25.8 Å². The summed E-state index contributed by atoms with van der Waals surface area (Å²) in [5.41, 5.74) is 1.80. The van der Waals surface area contributed by atoms with E-state index in [0.29, 0.717) is 23.3 Å². The first-order valence-electron chi connectivity index (χ1n) is 6.95. The second-order valence-corrected chi connectivity index (χ2v) is 5.55. The van der Waals surface area contributed by atoms with Crippen LogP contribution in [-0.4, -0.2) is 22.1 Å². The second-order valence-electron chi connectivity index (χ2n) is 5.17. The molecular formula is C15H14F2N2O2S. The number of benzene rings is 1. The van der Waals surface area contributed by atoms with Crippen molar-refractivity contribution in [3.8, 4) is 0 Å². The molecule has 1 aliphatic rings. The monoisotopic (exact) mass is 324 g/mol. The molecule has 1 aliphatic carbocycles. The molecular weight excluding hydrogens is 310 g/mol. The lowest BCUT2D eigenvalue weighted by Crippen LogP contribution is -2.17. The van der Waals surface area contributed by atoms with Crippen LogP contribution >= 0.6 is 12.2 Å². The summed E-state index contributed by atoms with van der Waals surface area (Å²) in [6.45, 7) is 1.98. The Labute approximate surface area is 130 Å². The Kier molecular flexibility index (Phi) is 3.82. The van der Waals surface area contributed by atoms with Gasteiger partial charge in [-0.1, -0.05) is 0 Å². The quantitative estimate of drug-likeness (QED) is 0.696. The Morgan fingerprint density at radius 3 is 2.50 bits per heavy atom. The number of ether oxygens (including phenoxy) is 1. The van der Waals surface area contributed by atoms with Crippen molar-refractivity contribution in [2.75, 3.05) is 6.61 Å². The average Bonchev–Trinajstić information content (AvgIpc) is 3.03. The van der Waals surface area contributed by atoms with Gasteiger partial charge in [0.25, 0.3) is 0 Å². The topological polar surface area (TPSA) is 47.0 Å². The lowest BCUT2D eigenvalue weighted by molar-refractivity contribution is 0.0511. The first-order chi connectivity index (χ1) is 10.5. The molecule has 1 N–H and O–H groups in total. The van der Waals surface area contributed by atoms with Crippen molar-refractivity contribution in [3.05, 3.63) is 51.6 Å². The molecule has 1 aromatic heterocycles. The van der Waals surface area contributed by atoms with Gasteiger partial charge in [-0.2, -0.15) is 0 Å². The van der Waals surface area contributed by atoms with Crippen molar-refractivity contribution in [3.63, 3.8) is 0 Å². The molecule has 0 bridgehead atoms. The molecule has 116 valence electrons. The lowest BCUT2D eigenvalue weighted by atomic mass is 10.1. The van der Waals surface area contributed by atoms with Gasteiger partial charge in [0.2, 0.25) is 0 Å². The highest BCUT2D eigenvalue weighted by Gasteiger charge is 2.28. The molecule has 0 radical (unpaired) electrons. The van der Waals surface area contributed by atoms with Crippen LogP contribution in [0.2, 0.25) is 0 Å². The molecule has 0 unspecified atom stereocenters. The first kappa shape index (κ1) is 14.9. The second kappa shape index (κ2) is 5.64. The van der Waals surface area contributed by atoms with E-state index in [2.05, 4.69) is 4.98 Å². The SMILES string of the molecule is CCOC(=O)c1c[nH]c(=S)n1C1Cc2cc(F)c(F)cc2C1. The van der Waals surface area contributed by atoms with Gasteiger partial charge in [0.15, 0.2) is 16.4 Å². The van der Waals surface area contributed by atoms with Crippen LogP contribution in [0.25, 0.3) is 0 Å². The summed E-state index contributed by atoms with van der Waals surface area (Å²) in [5, 5.41) is 0. The number of nitrogens with zero attached hydrogens (tertiary/aromatic N) is 1. The molecule has 0 spiro atoms. The molecule has 3 rings (SSSR count). The van der Waals surface area contributed by atoms with Gasteiger partial charge in [0, 0.05) is 12.2 Å². The van der Waals surface area contributed by atoms with Crippen LogP contribution in [0.15, 0.2) is 18.3 Å². The minimum absolute atomic E-state index is 0.158. The summed E-state index contributed by atoms with van der Waals surface area (Å²) < 4.78 is 33.8. The summed E-state index contributed by atoms with van der Waals surface area (Å²) in [7, 11) is 0. The predicted molar refractivity (Wildman–Crippen MR) is 78.4 cm³/mol. The zero-order chi connectivity index (χ0) is 15.9. The van der Waals surface area contributed by atoms with Gasteiger partial charge in [-0.05, 0) is 55.2 Å². The summed E-state index contributed by atoms with van der Waals surface area (Å²) in [5.74, 6) is -2.19. The van der Waals surface area contributed by atoms with E-state index in [1.807, 2.05) is 0 Å². The minimum Gasteiger partial charge on any atom is -0.461 e. The maximum atomic E-state index is 13.3. The summed E-state index contributed by atoms with van der Waals surface area (Å²) in [4.78, 5) is 14.8. The van der Waals surface area contributed by atoms with Crippen LogP contribution in [0.3, 0.4) is 0 Å². The molecule has 0 saturated heterocycles. The van der Waals surface area contributed by atoms with E-state index in [4.69, 9.17) is 17.0 Å². The van der Waals surface area contributed by atoms with Gasteiger partial charge in [0.05, 0.1) is 6.61 Å².